The second kappa shape index (κ2) is 7.49. The van der Waals surface area contributed by atoms with Crippen LogP contribution < -0.4 is 10.6 Å². The molecule has 1 unspecified atom stereocenters. The van der Waals surface area contributed by atoms with Crippen LogP contribution in [-0.4, -0.2) is 18.4 Å². The van der Waals surface area contributed by atoms with Crippen LogP contribution in [0, 0.1) is 6.92 Å². The Kier molecular flexibility index (Phi) is 5.14. The molecule has 4 nitrogen and oxygen atoms in total. The SMILES string of the molecule is Cc1ccc(C(=O)NCC(=O)NC(C)c2cccc3ccccc23)s1. The van der Waals surface area contributed by atoms with Gasteiger partial charge in [0.05, 0.1) is 17.5 Å². The Balaban J connectivity index is 1.61. The molecule has 0 saturated carbocycles. The lowest BCUT2D eigenvalue weighted by Gasteiger charge is -2.17. The summed E-state index contributed by atoms with van der Waals surface area (Å²) in [6.07, 6.45) is 0. The Morgan fingerprint density at radius 2 is 1.80 bits per heavy atom. The van der Waals surface area contributed by atoms with Gasteiger partial charge < -0.3 is 10.6 Å². The predicted octanol–water partition coefficient (Wildman–Crippen LogP) is 3.82. The maximum Gasteiger partial charge on any atom is 0.261 e. The number of fused-ring (bicyclic) bond motifs is 1. The van der Waals surface area contributed by atoms with Gasteiger partial charge in [0.1, 0.15) is 0 Å². The smallest absolute Gasteiger partial charge is 0.261 e. The third-order valence-corrected chi connectivity index (χ3v) is 5.04. The number of amides is 2. The molecule has 0 bridgehead atoms. The summed E-state index contributed by atoms with van der Waals surface area (Å²) in [5.41, 5.74) is 1.06. The van der Waals surface area contributed by atoms with Crippen molar-refractivity contribution in [3.05, 3.63) is 69.9 Å². The highest BCUT2D eigenvalue weighted by Gasteiger charge is 2.14. The van der Waals surface area contributed by atoms with E-state index in [1.54, 1.807) is 6.07 Å². The average molecular weight is 352 g/mol. The lowest BCUT2D eigenvalue weighted by Crippen LogP contribution is -2.37. The Hall–Kier alpha value is -2.66. The fourth-order valence-corrected chi connectivity index (χ4v) is 3.59. The Morgan fingerprint density at radius 1 is 1.04 bits per heavy atom. The molecule has 2 aromatic carbocycles. The number of nitrogens with one attached hydrogen (secondary N) is 2. The molecule has 5 heteroatoms. The summed E-state index contributed by atoms with van der Waals surface area (Å²) in [6, 6.07) is 17.7. The summed E-state index contributed by atoms with van der Waals surface area (Å²) in [5, 5.41) is 7.88. The van der Waals surface area contributed by atoms with Gasteiger partial charge >= 0.3 is 0 Å². The molecule has 0 fully saturated rings. The van der Waals surface area contributed by atoms with E-state index >= 15 is 0 Å². The predicted molar refractivity (Wildman–Crippen MR) is 102 cm³/mol. The third kappa shape index (κ3) is 4.06. The van der Waals surface area contributed by atoms with E-state index in [-0.39, 0.29) is 24.4 Å². The standard InChI is InChI=1S/C20H20N2O2S/c1-13-10-11-18(25-13)20(24)21-12-19(23)22-14(2)16-9-5-7-15-6-3-4-8-17(15)16/h3-11,14H,12H2,1-2H3,(H,21,24)(H,22,23). The van der Waals surface area contributed by atoms with E-state index < -0.39 is 0 Å². The Morgan fingerprint density at radius 3 is 2.56 bits per heavy atom. The summed E-state index contributed by atoms with van der Waals surface area (Å²) in [4.78, 5) is 25.9. The van der Waals surface area contributed by atoms with Gasteiger partial charge in [-0.2, -0.15) is 0 Å². The van der Waals surface area contributed by atoms with Crippen LogP contribution in [0.3, 0.4) is 0 Å². The molecule has 0 radical (unpaired) electrons. The molecule has 0 spiro atoms. The largest absolute Gasteiger partial charge is 0.348 e. The molecule has 3 rings (SSSR count). The first-order valence-electron chi connectivity index (χ1n) is 8.16. The molecule has 1 aromatic heterocycles. The quantitative estimate of drug-likeness (QED) is 0.733. The highest BCUT2D eigenvalue weighted by molar-refractivity contribution is 7.13. The maximum absolute atomic E-state index is 12.2. The number of rotatable bonds is 5. The highest BCUT2D eigenvalue weighted by atomic mass is 32.1. The monoisotopic (exact) mass is 352 g/mol. The molecule has 25 heavy (non-hydrogen) atoms. The van der Waals surface area contributed by atoms with Gasteiger partial charge in [-0.1, -0.05) is 42.5 Å². The molecule has 0 aliphatic carbocycles. The van der Waals surface area contributed by atoms with E-state index in [9.17, 15) is 9.59 Å². The van der Waals surface area contributed by atoms with Gasteiger partial charge in [0.2, 0.25) is 5.91 Å². The summed E-state index contributed by atoms with van der Waals surface area (Å²) in [7, 11) is 0. The van der Waals surface area contributed by atoms with E-state index in [1.807, 2.05) is 50.2 Å². The van der Waals surface area contributed by atoms with Crippen LogP contribution in [0.5, 0.6) is 0 Å². The second-order valence-electron chi connectivity index (χ2n) is 5.95. The molecule has 1 heterocycles. The molecule has 0 aliphatic rings. The minimum atomic E-state index is -0.217. The zero-order chi connectivity index (χ0) is 17.8. The van der Waals surface area contributed by atoms with Crippen LogP contribution in [0.2, 0.25) is 0 Å². The average Bonchev–Trinajstić information content (AvgIpc) is 3.05. The maximum atomic E-state index is 12.2. The normalized spacial score (nSPS) is 11.9. The lowest BCUT2D eigenvalue weighted by atomic mass is 10.00. The van der Waals surface area contributed by atoms with Gasteiger partial charge in [0.25, 0.3) is 5.91 Å². The number of benzene rings is 2. The van der Waals surface area contributed by atoms with Crippen molar-refractivity contribution in [1.82, 2.24) is 10.6 Å². The fraction of sp³-hybridized carbons (Fsp3) is 0.200. The van der Waals surface area contributed by atoms with Gasteiger partial charge in [-0.3, -0.25) is 9.59 Å². The molecule has 1 atom stereocenters. The Labute approximate surface area is 150 Å². The van der Waals surface area contributed by atoms with Crippen molar-refractivity contribution < 1.29 is 9.59 Å². The molecule has 2 amide bonds. The lowest BCUT2D eigenvalue weighted by molar-refractivity contribution is -0.120. The molecular formula is C20H20N2O2S. The van der Waals surface area contributed by atoms with Gasteiger partial charge in [0, 0.05) is 4.88 Å². The molecule has 3 aromatic rings. The summed E-state index contributed by atoms with van der Waals surface area (Å²) >= 11 is 1.42. The van der Waals surface area contributed by atoms with E-state index in [4.69, 9.17) is 0 Å². The van der Waals surface area contributed by atoms with Crippen LogP contribution in [0.25, 0.3) is 10.8 Å². The van der Waals surface area contributed by atoms with Crippen LogP contribution in [0.1, 0.15) is 33.1 Å². The number of thiophene rings is 1. The second-order valence-corrected chi connectivity index (χ2v) is 7.24. The van der Waals surface area contributed by atoms with Crippen LogP contribution in [0.15, 0.2) is 54.6 Å². The number of carbonyl (C=O) groups excluding carboxylic acids is 2. The number of hydrogen-bond acceptors (Lipinski definition) is 3. The van der Waals surface area contributed by atoms with Crippen LogP contribution in [0.4, 0.5) is 0 Å². The minimum Gasteiger partial charge on any atom is -0.348 e. The van der Waals surface area contributed by atoms with Gasteiger partial charge in [-0.05, 0) is 42.3 Å². The number of aryl methyl sites for hydroxylation is 1. The van der Waals surface area contributed by atoms with Crippen molar-refractivity contribution >= 4 is 33.9 Å². The summed E-state index contributed by atoms with van der Waals surface area (Å²) < 4.78 is 0. The van der Waals surface area contributed by atoms with Crippen molar-refractivity contribution in [2.75, 3.05) is 6.54 Å². The zero-order valence-corrected chi connectivity index (χ0v) is 15.0. The van der Waals surface area contributed by atoms with E-state index in [0.29, 0.717) is 4.88 Å². The molecular weight excluding hydrogens is 332 g/mol. The topological polar surface area (TPSA) is 58.2 Å². The van der Waals surface area contributed by atoms with Crippen LogP contribution >= 0.6 is 11.3 Å². The third-order valence-electron chi connectivity index (χ3n) is 4.04. The van der Waals surface area contributed by atoms with E-state index in [0.717, 1.165) is 21.2 Å². The first-order valence-corrected chi connectivity index (χ1v) is 8.98. The summed E-state index contributed by atoms with van der Waals surface area (Å²) in [5.74, 6) is -0.423. The van der Waals surface area contributed by atoms with Crippen molar-refractivity contribution in [2.24, 2.45) is 0 Å². The van der Waals surface area contributed by atoms with Gasteiger partial charge in [0.15, 0.2) is 0 Å². The highest BCUT2D eigenvalue weighted by Crippen LogP contribution is 2.23. The molecule has 0 aliphatic heterocycles. The number of carbonyl (C=O) groups is 2. The first kappa shape index (κ1) is 17.2. The summed E-state index contributed by atoms with van der Waals surface area (Å²) in [6.45, 7) is 3.86. The van der Waals surface area contributed by atoms with Crippen molar-refractivity contribution in [3.63, 3.8) is 0 Å². The Bertz CT molecular complexity index is 911. The van der Waals surface area contributed by atoms with E-state index in [2.05, 4.69) is 22.8 Å². The molecule has 0 saturated heterocycles. The fourth-order valence-electron chi connectivity index (χ4n) is 2.80. The molecule has 2 N–H and O–H groups in total. The van der Waals surface area contributed by atoms with Crippen molar-refractivity contribution in [2.45, 2.75) is 19.9 Å². The zero-order valence-electron chi connectivity index (χ0n) is 14.2. The number of hydrogen-bond donors (Lipinski definition) is 2. The molecule has 128 valence electrons. The van der Waals surface area contributed by atoms with E-state index in [1.165, 1.54) is 11.3 Å². The van der Waals surface area contributed by atoms with Gasteiger partial charge in [-0.15, -0.1) is 11.3 Å². The minimum absolute atomic E-state index is 0.0368. The van der Waals surface area contributed by atoms with Gasteiger partial charge in [-0.25, -0.2) is 0 Å². The first-order chi connectivity index (χ1) is 12.0. The van der Waals surface area contributed by atoms with Crippen molar-refractivity contribution in [1.29, 1.82) is 0 Å². The van der Waals surface area contributed by atoms with Crippen molar-refractivity contribution in [3.8, 4) is 0 Å². The van der Waals surface area contributed by atoms with Crippen LogP contribution in [-0.2, 0) is 4.79 Å².